The van der Waals surface area contributed by atoms with E-state index in [9.17, 15) is 9.18 Å². The van der Waals surface area contributed by atoms with Gasteiger partial charge in [-0.25, -0.2) is 14.4 Å². The predicted octanol–water partition coefficient (Wildman–Crippen LogP) is 5.37. The van der Waals surface area contributed by atoms with Gasteiger partial charge >= 0.3 is 0 Å². The number of hydrogen-bond acceptors (Lipinski definition) is 8. The van der Waals surface area contributed by atoms with E-state index >= 15 is 0 Å². The van der Waals surface area contributed by atoms with Crippen LogP contribution in [-0.4, -0.2) is 62.1 Å². The second kappa shape index (κ2) is 11.4. The number of thiophene rings is 1. The molecule has 10 heteroatoms. The Morgan fingerprint density at radius 3 is 2.70 bits per heavy atom. The number of benzene rings is 2. The van der Waals surface area contributed by atoms with E-state index in [0.717, 1.165) is 35.1 Å². The number of halogens is 1. The molecule has 0 radical (unpaired) electrons. The summed E-state index contributed by atoms with van der Waals surface area (Å²) < 4.78 is 21.5. The zero-order valence-corrected chi connectivity index (χ0v) is 22.0. The molecule has 0 aliphatic heterocycles. The summed E-state index contributed by atoms with van der Waals surface area (Å²) >= 11 is 1.53. The SMILES string of the molecule is C=CC(=O)Nc1cc(Nc2ncc(F)c(-c3csc4ccccc34)n2)c(OC)cc1N(C)CCN(C)C. The molecule has 2 N–H and O–H groups in total. The molecule has 4 aromatic rings. The van der Waals surface area contributed by atoms with Crippen molar-refractivity contribution in [2.75, 3.05) is 56.9 Å². The van der Waals surface area contributed by atoms with E-state index in [2.05, 4.69) is 32.1 Å². The maximum Gasteiger partial charge on any atom is 0.247 e. The fraction of sp³-hybridized carbons (Fsp3) is 0.222. The number of fused-ring (bicyclic) bond motifs is 1. The molecule has 0 spiro atoms. The standard InChI is InChI=1S/C27H29FN6O2S/c1-6-25(35)30-20-13-21(23(36-5)14-22(20)34(4)12-11-33(2)3)31-27-29-15-19(28)26(32-27)18-16-37-24-10-8-7-9-17(18)24/h6-10,13-16H,1,11-12H2,2-5H3,(H,30,35)(H,29,31,32). The normalized spacial score (nSPS) is 11.0. The molecule has 0 fully saturated rings. The Hall–Kier alpha value is -4.02. The van der Waals surface area contributed by atoms with Crippen LogP contribution in [0, 0.1) is 5.82 Å². The molecule has 0 bridgehead atoms. The van der Waals surface area contributed by atoms with E-state index in [4.69, 9.17) is 4.74 Å². The molecule has 2 heterocycles. The highest BCUT2D eigenvalue weighted by atomic mass is 32.1. The number of hydrogen-bond donors (Lipinski definition) is 2. The fourth-order valence-electron chi connectivity index (χ4n) is 3.80. The first-order valence-electron chi connectivity index (χ1n) is 11.6. The highest BCUT2D eigenvalue weighted by Crippen LogP contribution is 2.39. The van der Waals surface area contributed by atoms with Gasteiger partial charge in [0.1, 0.15) is 11.4 Å². The molecule has 0 aliphatic carbocycles. The van der Waals surface area contributed by atoms with Gasteiger partial charge in [0.25, 0.3) is 0 Å². The summed E-state index contributed by atoms with van der Waals surface area (Å²) in [5, 5.41) is 8.81. The number of amides is 1. The molecule has 0 unspecified atom stereocenters. The van der Waals surface area contributed by atoms with Crippen LogP contribution in [0.5, 0.6) is 5.75 Å². The Balaban J connectivity index is 1.72. The Labute approximate surface area is 219 Å². The number of carbonyl (C=O) groups is 1. The van der Waals surface area contributed by atoms with Gasteiger partial charge in [0.2, 0.25) is 11.9 Å². The van der Waals surface area contributed by atoms with Crippen LogP contribution in [0.25, 0.3) is 21.3 Å². The summed E-state index contributed by atoms with van der Waals surface area (Å²) in [7, 11) is 7.49. The van der Waals surface area contributed by atoms with Crippen LogP contribution in [0.1, 0.15) is 0 Å². The zero-order valence-electron chi connectivity index (χ0n) is 21.2. The monoisotopic (exact) mass is 520 g/mol. The van der Waals surface area contributed by atoms with Crippen molar-refractivity contribution in [3.05, 3.63) is 66.4 Å². The maximum atomic E-state index is 14.8. The molecule has 0 saturated carbocycles. The Bertz CT molecular complexity index is 1440. The molecule has 8 nitrogen and oxygen atoms in total. The predicted molar refractivity (Wildman–Crippen MR) is 150 cm³/mol. The third kappa shape index (κ3) is 5.87. The van der Waals surface area contributed by atoms with E-state index in [-0.39, 0.29) is 17.5 Å². The molecule has 37 heavy (non-hydrogen) atoms. The van der Waals surface area contributed by atoms with Crippen molar-refractivity contribution in [2.24, 2.45) is 0 Å². The van der Waals surface area contributed by atoms with E-state index in [1.165, 1.54) is 17.4 Å². The average molecular weight is 521 g/mol. The summed E-state index contributed by atoms with van der Waals surface area (Å²) in [6, 6.07) is 11.4. The minimum absolute atomic E-state index is 0.194. The lowest BCUT2D eigenvalue weighted by molar-refractivity contribution is -0.111. The van der Waals surface area contributed by atoms with Crippen molar-refractivity contribution in [1.82, 2.24) is 14.9 Å². The number of likely N-dealkylation sites (N-methyl/N-ethyl adjacent to an activating group) is 2. The van der Waals surface area contributed by atoms with Crippen molar-refractivity contribution < 1.29 is 13.9 Å². The number of aromatic nitrogens is 2. The van der Waals surface area contributed by atoms with Gasteiger partial charge in [0, 0.05) is 47.2 Å². The number of methoxy groups -OCH3 is 1. The van der Waals surface area contributed by atoms with E-state index in [0.29, 0.717) is 22.7 Å². The van der Waals surface area contributed by atoms with Crippen LogP contribution in [0.2, 0.25) is 0 Å². The molecule has 192 valence electrons. The number of ether oxygens (including phenoxy) is 1. The summed E-state index contributed by atoms with van der Waals surface area (Å²) in [5.41, 5.74) is 2.74. The first-order valence-corrected chi connectivity index (χ1v) is 12.5. The lowest BCUT2D eigenvalue weighted by Crippen LogP contribution is -2.29. The lowest BCUT2D eigenvalue weighted by Gasteiger charge is -2.26. The van der Waals surface area contributed by atoms with Gasteiger partial charge in [-0.1, -0.05) is 24.8 Å². The van der Waals surface area contributed by atoms with Crippen LogP contribution in [-0.2, 0) is 4.79 Å². The number of nitrogens with zero attached hydrogens (tertiary/aromatic N) is 4. The largest absolute Gasteiger partial charge is 0.494 e. The molecular formula is C27H29FN6O2S. The quantitative estimate of drug-likeness (QED) is 0.272. The van der Waals surface area contributed by atoms with E-state index < -0.39 is 5.82 Å². The Kier molecular flexibility index (Phi) is 8.00. The average Bonchev–Trinajstić information content (AvgIpc) is 3.32. The number of rotatable bonds is 10. The fourth-order valence-corrected chi connectivity index (χ4v) is 4.75. The molecule has 2 aromatic heterocycles. The Morgan fingerprint density at radius 1 is 1.19 bits per heavy atom. The minimum atomic E-state index is -0.516. The van der Waals surface area contributed by atoms with Crippen molar-refractivity contribution in [1.29, 1.82) is 0 Å². The smallest absolute Gasteiger partial charge is 0.247 e. The van der Waals surface area contributed by atoms with Crippen molar-refractivity contribution in [3.63, 3.8) is 0 Å². The van der Waals surface area contributed by atoms with Crippen molar-refractivity contribution in [3.8, 4) is 17.0 Å². The van der Waals surface area contributed by atoms with Crippen molar-refractivity contribution in [2.45, 2.75) is 0 Å². The molecule has 4 rings (SSSR count). The van der Waals surface area contributed by atoms with Gasteiger partial charge in [-0.2, -0.15) is 0 Å². The van der Waals surface area contributed by atoms with Crippen LogP contribution < -0.4 is 20.3 Å². The summed E-state index contributed by atoms with van der Waals surface area (Å²) in [4.78, 5) is 24.9. The van der Waals surface area contributed by atoms with Gasteiger partial charge in [-0.3, -0.25) is 4.79 Å². The highest BCUT2D eigenvalue weighted by Gasteiger charge is 2.18. The molecule has 2 aromatic carbocycles. The van der Waals surface area contributed by atoms with Crippen molar-refractivity contribution >= 4 is 50.3 Å². The Morgan fingerprint density at radius 2 is 1.97 bits per heavy atom. The molecule has 0 atom stereocenters. The number of anilines is 4. The number of nitrogens with one attached hydrogen (secondary N) is 2. The minimum Gasteiger partial charge on any atom is -0.494 e. The van der Waals surface area contributed by atoms with E-state index in [1.807, 2.05) is 61.8 Å². The third-order valence-electron chi connectivity index (χ3n) is 5.78. The van der Waals surface area contributed by atoms with Gasteiger partial charge in [0.15, 0.2) is 5.82 Å². The summed E-state index contributed by atoms with van der Waals surface area (Å²) in [6.45, 7) is 5.09. The summed E-state index contributed by atoms with van der Waals surface area (Å²) in [5.74, 6) is -0.153. The maximum absolute atomic E-state index is 14.8. The van der Waals surface area contributed by atoms with E-state index in [1.54, 1.807) is 13.2 Å². The second-order valence-electron chi connectivity index (χ2n) is 8.65. The third-order valence-corrected chi connectivity index (χ3v) is 6.75. The summed E-state index contributed by atoms with van der Waals surface area (Å²) in [6.07, 6.45) is 2.36. The topological polar surface area (TPSA) is 82.6 Å². The number of carbonyl (C=O) groups excluding carboxylic acids is 1. The van der Waals surface area contributed by atoms with Crippen LogP contribution >= 0.6 is 11.3 Å². The van der Waals surface area contributed by atoms with Gasteiger partial charge in [-0.15, -0.1) is 11.3 Å². The molecule has 0 aliphatic rings. The second-order valence-corrected chi connectivity index (χ2v) is 9.56. The molecule has 1 amide bonds. The molecular weight excluding hydrogens is 491 g/mol. The first kappa shape index (κ1) is 26.1. The highest BCUT2D eigenvalue weighted by molar-refractivity contribution is 7.17. The van der Waals surface area contributed by atoms with Crippen LogP contribution in [0.15, 0.2) is 60.6 Å². The van der Waals surface area contributed by atoms with Crippen LogP contribution in [0.3, 0.4) is 0 Å². The molecule has 0 saturated heterocycles. The zero-order chi connectivity index (χ0) is 26.5. The van der Waals surface area contributed by atoms with Gasteiger partial charge in [0.05, 0.1) is 30.4 Å². The lowest BCUT2D eigenvalue weighted by atomic mass is 10.1. The van der Waals surface area contributed by atoms with Gasteiger partial charge < -0.3 is 25.2 Å². The van der Waals surface area contributed by atoms with Crippen LogP contribution in [0.4, 0.5) is 27.4 Å². The first-order chi connectivity index (χ1) is 17.8. The van der Waals surface area contributed by atoms with Gasteiger partial charge in [-0.05, 0) is 32.3 Å².